The molecule has 0 amide bonds. The van der Waals surface area contributed by atoms with Crippen molar-refractivity contribution >= 4 is 16.5 Å². The van der Waals surface area contributed by atoms with Gasteiger partial charge in [-0.05, 0) is 18.6 Å². The van der Waals surface area contributed by atoms with Crippen LogP contribution >= 0.6 is 11.3 Å². The summed E-state index contributed by atoms with van der Waals surface area (Å²) in [5, 5.41) is 4.00. The number of thiazole rings is 1. The van der Waals surface area contributed by atoms with E-state index in [4.69, 9.17) is 4.42 Å². The predicted molar refractivity (Wildman–Crippen MR) is 57.8 cm³/mol. The Morgan fingerprint density at radius 2 is 2.43 bits per heavy atom. The van der Waals surface area contributed by atoms with Crippen LogP contribution in [-0.2, 0) is 12.8 Å². The summed E-state index contributed by atoms with van der Waals surface area (Å²) in [5.74, 6) is 1.03. The Bertz CT molecular complexity index is 380. The van der Waals surface area contributed by atoms with Crippen molar-refractivity contribution in [2.45, 2.75) is 12.8 Å². The molecule has 0 atom stereocenters. The lowest BCUT2D eigenvalue weighted by molar-refractivity contribution is 0.509. The Morgan fingerprint density at radius 1 is 1.50 bits per heavy atom. The average Bonchev–Trinajstić information content (AvgIpc) is 2.86. The zero-order valence-corrected chi connectivity index (χ0v) is 8.80. The zero-order valence-electron chi connectivity index (χ0n) is 7.99. The molecule has 0 spiro atoms. The van der Waals surface area contributed by atoms with Gasteiger partial charge in [0.15, 0.2) is 5.13 Å². The molecule has 74 valence electrons. The van der Waals surface area contributed by atoms with Gasteiger partial charge in [0.05, 0.1) is 6.26 Å². The minimum absolute atomic E-state index is 0.943. The van der Waals surface area contributed by atoms with Crippen molar-refractivity contribution in [3.63, 3.8) is 0 Å². The lowest BCUT2D eigenvalue weighted by Gasteiger charge is -1.93. The van der Waals surface area contributed by atoms with Crippen LogP contribution in [0.1, 0.15) is 10.6 Å². The van der Waals surface area contributed by atoms with Crippen LogP contribution < -0.4 is 5.32 Å². The normalized spacial score (nSPS) is 10.4. The van der Waals surface area contributed by atoms with Crippen molar-refractivity contribution in [2.24, 2.45) is 0 Å². The topological polar surface area (TPSA) is 38.1 Å². The number of aromatic nitrogens is 1. The van der Waals surface area contributed by atoms with Crippen LogP contribution in [0.2, 0.25) is 0 Å². The van der Waals surface area contributed by atoms with Gasteiger partial charge in [0.2, 0.25) is 0 Å². The summed E-state index contributed by atoms with van der Waals surface area (Å²) in [6.07, 6.45) is 5.56. The van der Waals surface area contributed by atoms with Gasteiger partial charge < -0.3 is 9.73 Å². The summed E-state index contributed by atoms with van der Waals surface area (Å²) in [6.45, 7) is 0. The van der Waals surface area contributed by atoms with Crippen molar-refractivity contribution in [3.05, 3.63) is 35.2 Å². The molecule has 0 radical (unpaired) electrons. The molecule has 0 saturated heterocycles. The molecule has 0 aliphatic heterocycles. The maximum atomic E-state index is 5.26. The third kappa shape index (κ3) is 2.14. The Labute approximate surface area is 86.8 Å². The largest absolute Gasteiger partial charge is 0.469 e. The number of nitrogens with one attached hydrogen (secondary N) is 1. The molecule has 0 aromatic carbocycles. The van der Waals surface area contributed by atoms with Gasteiger partial charge in [0.1, 0.15) is 5.76 Å². The molecule has 3 nitrogen and oxygen atoms in total. The van der Waals surface area contributed by atoms with E-state index in [1.54, 1.807) is 17.6 Å². The van der Waals surface area contributed by atoms with Crippen molar-refractivity contribution < 1.29 is 4.42 Å². The Balaban J connectivity index is 1.92. The third-order valence-corrected chi connectivity index (χ3v) is 3.04. The van der Waals surface area contributed by atoms with Crippen LogP contribution in [0.3, 0.4) is 0 Å². The summed E-state index contributed by atoms with van der Waals surface area (Å²) in [5.41, 5.74) is 0. The molecule has 2 rings (SSSR count). The van der Waals surface area contributed by atoms with Crippen molar-refractivity contribution in [3.8, 4) is 0 Å². The second kappa shape index (κ2) is 4.28. The zero-order chi connectivity index (χ0) is 9.80. The lowest BCUT2D eigenvalue weighted by Crippen LogP contribution is -1.85. The quantitative estimate of drug-likeness (QED) is 0.839. The van der Waals surface area contributed by atoms with E-state index < -0.39 is 0 Å². The number of rotatable bonds is 4. The number of nitrogens with zero attached hydrogens (tertiary/aromatic N) is 1. The monoisotopic (exact) mass is 208 g/mol. The van der Waals surface area contributed by atoms with Gasteiger partial charge in [0, 0.05) is 24.5 Å². The van der Waals surface area contributed by atoms with Crippen molar-refractivity contribution in [2.75, 3.05) is 12.4 Å². The van der Waals surface area contributed by atoms with Crippen LogP contribution in [-0.4, -0.2) is 12.0 Å². The maximum Gasteiger partial charge on any atom is 0.182 e. The first-order valence-electron chi connectivity index (χ1n) is 4.53. The van der Waals surface area contributed by atoms with E-state index in [0.717, 1.165) is 23.7 Å². The van der Waals surface area contributed by atoms with E-state index in [-0.39, 0.29) is 0 Å². The molecule has 0 fully saturated rings. The standard InChI is InChI=1S/C10H12N2OS/c1-11-10-12-7-9(14-10)5-4-8-3-2-6-13-8/h2-3,6-7H,4-5H2,1H3,(H,11,12). The number of anilines is 1. The average molecular weight is 208 g/mol. The van der Waals surface area contributed by atoms with E-state index in [1.165, 1.54) is 4.88 Å². The first-order valence-corrected chi connectivity index (χ1v) is 5.35. The molecular weight excluding hydrogens is 196 g/mol. The first-order chi connectivity index (χ1) is 6.88. The summed E-state index contributed by atoms with van der Waals surface area (Å²) in [7, 11) is 1.88. The highest BCUT2D eigenvalue weighted by Crippen LogP contribution is 2.19. The van der Waals surface area contributed by atoms with E-state index in [2.05, 4.69) is 10.3 Å². The van der Waals surface area contributed by atoms with Crippen LogP contribution in [0, 0.1) is 0 Å². The molecule has 0 aliphatic carbocycles. The third-order valence-electron chi connectivity index (χ3n) is 1.97. The fourth-order valence-corrected chi connectivity index (χ4v) is 2.01. The number of furan rings is 1. The number of aryl methyl sites for hydroxylation is 2. The molecule has 2 aromatic heterocycles. The Kier molecular flexibility index (Phi) is 2.84. The first kappa shape index (κ1) is 9.27. The van der Waals surface area contributed by atoms with E-state index in [1.807, 2.05) is 25.4 Å². The highest BCUT2D eigenvalue weighted by molar-refractivity contribution is 7.15. The molecular formula is C10H12N2OS. The van der Waals surface area contributed by atoms with Gasteiger partial charge in [0.25, 0.3) is 0 Å². The van der Waals surface area contributed by atoms with Gasteiger partial charge in [-0.3, -0.25) is 0 Å². The highest BCUT2D eigenvalue weighted by Gasteiger charge is 2.01. The molecule has 1 N–H and O–H groups in total. The summed E-state index contributed by atoms with van der Waals surface area (Å²) < 4.78 is 5.26. The SMILES string of the molecule is CNc1ncc(CCc2ccco2)s1. The van der Waals surface area contributed by atoms with E-state index >= 15 is 0 Å². The number of hydrogen-bond donors (Lipinski definition) is 1. The minimum Gasteiger partial charge on any atom is -0.469 e. The van der Waals surface area contributed by atoms with E-state index in [0.29, 0.717) is 0 Å². The van der Waals surface area contributed by atoms with Crippen LogP contribution in [0.4, 0.5) is 5.13 Å². The second-order valence-corrected chi connectivity index (χ2v) is 4.08. The fourth-order valence-electron chi connectivity index (χ4n) is 1.24. The van der Waals surface area contributed by atoms with Crippen molar-refractivity contribution in [1.82, 2.24) is 4.98 Å². The molecule has 14 heavy (non-hydrogen) atoms. The molecule has 0 bridgehead atoms. The lowest BCUT2D eigenvalue weighted by atomic mass is 10.2. The van der Waals surface area contributed by atoms with Gasteiger partial charge in [-0.25, -0.2) is 4.98 Å². The van der Waals surface area contributed by atoms with E-state index in [9.17, 15) is 0 Å². The van der Waals surface area contributed by atoms with Gasteiger partial charge in [-0.1, -0.05) is 0 Å². The molecule has 2 aromatic rings. The van der Waals surface area contributed by atoms with Gasteiger partial charge in [-0.2, -0.15) is 0 Å². The van der Waals surface area contributed by atoms with Crippen molar-refractivity contribution in [1.29, 1.82) is 0 Å². The molecule has 0 aliphatic rings. The van der Waals surface area contributed by atoms with Gasteiger partial charge >= 0.3 is 0 Å². The summed E-state index contributed by atoms with van der Waals surface area (Å²) in [6, 6.07) is 3.92. The molecule has 2 heterocycles. The highest BCUT2D eigenvalue weighted by atomic mass is 32.1. The minimum atomic E-state index is 0.943. The molecule has 0 saturated carbocycles. The predicted octanol–water partition coefficient (Wildman–Crippen LogP) is 2.56. The summed E-state index contributed by atoms with van der Waals surface area (Å²) >= 11 is 1.69. The number of hydrogen-bond acceptors (Lipinski definition) is 4. The smallest absolute Gasteiger partial charge is 0.182 e. The molecule has 0 unspecified atom stereocenters. The molecule has 4 heteroatoms. The van der Waals surface area contributed by atoms with Crippen LogP contribution in [0.5, 0.6) is 0 Å². The van der Waals surface area contributed by atoms with Crippen LogP contribution in [0.25, 0.3) is 0 Å². The fraction of sp³-hybridized carbons (Fsp3) is 0.300. The Morgan fingerprint density at radius 3 is 3.07 bits per heavy atom. The maximum absolute atomic E-state index is 5.26. The van der Waals surface area contributed by atoms with Gasteiger partial charge in [-0.15, -0.1) is 11.3 Å². The van der Waals surface area contributed by atoms with Crippen LogP contribution in [0.15, 0.2) is 29.0 Å². The second-order valence-electron chi connectivity index (χ2n) is 2.96. The summed E-state index contributed by atoms with van der Waals surface area (Å²) in [4.78, 5) is 5.49. The Hall–Kier alpha value is -1.29.